The first-order valence-corrected chi connectivity index (χ1v) is 15.7. The minimum Gasteiger partial charge on any atom is -0.392 e. The number of carbonyl (C=O) groups is 2. The van der Waals surface area contributed by atoms with Gasteiger partial charge in [-0.15, -0.1) is 6.58 Å². The van der Waals surface area contributed by atoms with E-state index in [1.807, 2.05) is 54.6 Å². The predicted molar refractivity (Wildman–Crippen MR) is 165 cm³/mol. The van der Waals surface area contributed by atoms with Crippen LogP contribution in [0.15, 0.2) is 61.2 Å². The van der Waals surface area contributed by atoms with E-state index in [4.69, 9.17) is 14.7 Å². The van der Waals surface area contributed by atoms with Gasteiger partial charge in [-0.05, 0) is 48.9 Å². The molecule has 4 N–H and O–H groups in total. The second kappa shape index (κ2) is 17.3. The Kier molecular flexibility index (Phi) is 13.2. The predicted octanol–water partition coefficient (Wildman–Crippen LogP) is 5.94. The maximum atomic E-state index is 12.5. The van der Waals surface area contributed by atoms with Gasteiger partial charge in [-0.3, -0.25) is 19.7 Å². The number of nitrogens with zero attached hydrogens (tertiary/aromatic N) is 1. The summed E-state index contributed by atoms with van der Waals surface area (Å²) in [5.74, 6) is -0.432. The van der Waals surface area contributed by atoms with Crippen LogP contribution in [0, 0.1) is 0 Å². The molecule has 3 unspecified atom stereocenters. The number of ether oxygens (including phenoxy) is 2. The second-order valence-corrected chi connectivity index (χ2v) is 11.7. The van der Waals surface area contributed by atoms with Crippen molar-refractivity contribution in [2.75, 3.05) is 18.4 Å². The number of unbranched alkanes of at least 4 members (excludes halogenated alkanes) is 3. The first kappa shape index (κ1) is 32.8. The molecule has 2 fully saturated rings. The Labute approximate surface area is 255 Å². The lowest BCUT2D eigenvalue weighted by Crippen LogP contribution is -2.43. The number of hydrogen-bond acceptors (Lipinski definition) is 7. The van der Waals surface area contributed by atoms with Crippen LogP contribution in [-0.4, -0.2) is 52.3 Å². The topological polar surface area (TPSA) is 120 Å². The third-order valence-electron chi connectivity index (χ3n) is 8.41. The van der Waals surface area contributed by atoms with Crippen LogP contribution in [0.4, 0.5) is 5.69 Å². The molecule has 4 rings (SSSR count). The van der Waals surface area contributed by atoms with Crippen LogP contribution in [0.1, 0.15) is 99.7 Å². The van der Waals surface area contributed by atoms with Gasteiger partial charge in [0.2, 0.25) is 11.8 Å². The molecule has 1 saturated heterocycles. The Hall–Kier alpha value is -3.08. The number of aliphatic hydroxyl groups is 1. The van der Waals surface area contributed by atoms with Crippen LogP contribution in [0.2, 0.25) is 0 Å². The fourth-order valence-corrected chi connectivity index (χ4v) is 6.03. The average molecular weight is 594 g/mol. The number of benzene rings is 2. The molecule has 9 nitrogen and oxygen atoms in total. The van der Waals surface area contributed by atoms with Gasteiger partial charge in [-0.25, -0.2) is 5.48 Å². The molecule has 2 aliphatic rings. The van der Waals surface area contributed by atoms with Crippen molar-refractivity contribution in [3.05, 3.63) is 77.9 Å². The summed E-state index contributed by atoms with van der Waals surface area (Å²) in [6, 6.07) is 16.1. The average Bonchev–Trinajstić information content (AvgIpc) is 3.58. The normalized spacial score (nSPS) is 20.7. The molecule has 1 heterocycles. The lowest BCUT2D eigenvalue weighted by molar-refractivity contribution is -0.253. The van der Waals surface area contributed by atoms with Crippen molar-refractivity contribution in [3.8, 4) is 0 Å². The summed E-state index contributed by atoms with van der Waals surface area (Å²) in [6.07, 6.45) is 10.7. The number of hydrogen-bond donors (Lipinski definition) is 4. The molecule has 0 spiro atoms. The summed E-state index contributed by atoms with van der Waals surface area (Å²) in [6.45, 7) is 5.64. The Balaban J connectivity index is 1.36. The molecular formula is C34H47N3O6. The van der Waals surface area contributed by atoms with E-state index >= 15 is 0 Å². The highest BCUT2D eigenvalue weighted by atomic mass is 16.7. The van der Waals surface area contributed by atoms with E-state index in [0.29, 0.717) is 18.9 Å². The quantitative estimate of drug-likeness (QED) is 0.0823. The first-order chi connectivity index (χ1) is 21.0. The number of rotatable bonds is 16. The maximum absolute atomic E-state index is 12.5. The molecule has 0 radical (unpaired) electrons. The lowest BCUT2D eigenvalue weighted by Gasteiger charge is -2.39. The zero-order chi connectivity index (χ0) is 30.4. The molecule has 1 aliphatic carbocycles. The lowest BCUT2D eigenvalue weighted by atomic mass is 9.99. The zero-order valence-electron chi connectivity index (χ0n) is 25.1. The summed E-state index contributed by atoms with van der Waals surface area (Å²) in [5.41, 5.74) is 5.17. The highest BCUT2D eigenvalue weighted by Gasteiger charge is 2.34. The summed E-state index contributed by atoms with van der Waals surface area (Å²) < 4.78 is 13.1. The van der Waals surface area contributed by atoms with Crippen LogP contribution < -0.4 is 10.8 Å². The van der Waals surface area contributed by atoms with Crippen LogP contribution in [0.25, 0.3) is 0 Å². The van der Waals surface area contributed by atoms with Crippen molar-refractivity contribution in [2.24, 2.45) is 0 Å². The molecule has 2 aromatic carbocycles. The first-order valence-electron chi connectivity index (χ1n) is 15.7. The molecule has 234 valence electrons. The van der Waals surface area contributed by atoms with Gasteiger partial charge in [-0.2, -0.15) is 0 Å². The van der Waals surface area contributed by atoms with E-state index in [1.54, 1.807) is 5.48 Å². The molecule has 1 saturated carbocycles. The Morgan fingerprint density at radius 1 is 0.907 bits per heavy atom. The molecule has 2 amide bonds. The largest absolute Gasteiger partial charge is 0.392 e. The standard InChI is InChI=1S/C34H47N3O6/c1-2-21-37(29-9-7-8-10-29)23-30-22-31(26-15-13-25(24-38)14-16-26)43-34(42-30)27-17-19-28(20-18-27)35-32(39)11-5-3-4-6-12-33(40)36-41/h2,13-20,29-31,34,38,41H,1,3-12,21-24H2,(H,35,39)(H,36,40). The summed E-state index contributed by atoms with van der Waals surface area (Å²) >= 11 is 0. The van der Waals surface area contributed by atoms with Crippen molar-refractivity contribution in [2.45, 2.75) is 102 Å². The highest BCUT2D eigenvalue weighted by Crippen LogP contribution is 2.39. The molecular weight excluding hydrogens is 546 g/mol. The molecule has 2 aromatic rings. The fourth-order valence-electron chi connectivity index (χ4n) is 6.03. The number of anilines is 1. The molecule has 1 aliphatic heterocycles. The van der Waals surface area contributed by atoms with Gasteiger partial charge in [0.15, 0.2) is 6.29 Å². The van der Waals surface area contributed by atoms with Crippen molar-refractivity contribution < 1.29 is 29.4 Å². The van der Waals surface area contributed by atoms with Gasteiger partial charge in [0, 0.05) is 49.6 Å². The number of amides is 2. The third kappa shape index (κ3) is 10.3. The van der Waals surface area contributed by atoms with E-state index in [9.17, 15) is 14.7 Å². The number of carbonyl (C=O) groups excluding carboxylic acids is 2. The summed E-state index contributed by atoms with van der Waals surface area (Å²) in [5, 5.41) is 21.0. The molecule has 0 bridgehead atoms. The number of hydroxylamine groups is 1. The van der Waals surface area contributed by atoms with Gasteiger partial charge >= 0.3 is 0 Å². The van der Waals surface area contributed by atoms with E-state index in [1.165, 1.54) is 25.7 Å². The minimum atomic E-state index is -0.548. The van der Waals surface area contributed by atoms with Gasteiger partial charge in [0.1, 0.15) is 0 Å². The molecule has 0 aromatic heterocycles. The van der Waals surface area contributed by atoms with Crippen molar-refractivity contribution in [1.82, 2.24) is 10.4 Å². The number of nitrogens with one attached hydrogen (secondary N) is 2. The summed E-state index contributed by atoms with van der Waals surface area (Å²) in [7, 11) is 0. The van der Waals surface area contributed by atoms with E-state index < -0.39 is 6.29 Å². The van der Waals surface area contributed by atoms with Crippen LogP contribution >= 0.6 is 0 Å². The van der Waals surface area contributed by atoms with Crippen LogP contribution in [-0.2, 0) is 25.7 Å². The van der Waals surface area contributed by atoms with Gasteiger partial charge in [-0.1, -0.05) is 68.2 Å². The second-order valence-electron chi connectivity index (χ2n) is 11.7. The fraction of sp³-hybridized carbons (Fsp3) is 0.529. The number of aliphatic hydroxyl groups excluding tert-OH is 1. The Bertz CT molecular complexity index is 1150. The highest BCUT2D eigenvalue weighted by molar-refractivity contribution is 5.90. The minimum absolute atomic E-state index is 0.00641. The van der Waals surface area contributed by atoms with Crippen molar-refractivity contribution in [3.63, 3.8) is 0 Å². The van der Waals surface area contributed by atoms with Gasteiger partial charge < -0.3 is 19.9 Å². The maximum Gasteiger partial charge on any atom is 0.243 e. The molecule has 3 atom stereocenters. The van der Waals surface area contributed by atoms with Crippen LogP contribution in [0.3, 0.4) is 0 Å². The van der Waals surface area contributed by atoms with Crippen molar-refractivity contribution in [1.29, 1.82) is 0 Å². The third-order valence-corrected chi connectivity index (χ3v) is 8.41. The zero-order valence-corrected chi connectivity index (χ0v) is 25.1. The van der Waals surface area contributed by atoms with E-state index in [-0.39, 0.29) is 37.0 Å². The van der Waals surface area contributed by atoms with E-state index in [2.05, 4.69) is 16.8 Å². The monoisotopic (exact) mass is 593 g/mol. The van der Waals surface area contributed by atoms with Gasteiger partial charge in [0.25, 0.3) is 0 Å². The smallest absolute Gasteiger partial charge is 0.243 e. The van der Waals surface area contributed by atoms with Gasteiger partial charge in [0.05, 0.1) is 18.8 Å². The Morgan fingerprint density at radius 2 is 1.56 bits per heavy atom. The van der Waals surface area contributed by atoms with Crippen molar-refractivity contribution >= 4 is 17.5 Å². The molecule has 9 heteroatoms. The van der Waals surface area contributed by atoms with E-state index in [0.717, 1.165) is 61.2 Å². The van der Waals surface area contributed by atoms with Crippen LogP contribution in [0.5, 0.6) is 0 Å². The SMILES string of the molecule is C=CCN(CC1CC(c2ccc(CO)cc2)OC(c2ccc(NC(=O)CCCCCCC(=O)NO)cc2)O1)C1CCCC1. The summed E-state index contributed by atoms with van der Waals surface area (Å²) in [4.78, 5) is 26.0. The Morgan fingerprint density at radius 3 is 2.19 bits per heavy atom. The molecule has 43 heavy (non-hydrogen) atoms.